The van der Waals surface area contributed by atoms with E-state index in [0.29, 0.717) is 0 Å². The molecule has 2 N–H and O–H groups in total. The lowest BCUT2D eigenvalue weighted by atomic mass is 10.0. The molecule has 0 radical (unpaired) electrons. The van der Waals surface area contributed by atoms with Gasteiger partial charge in [-0.1, -0.05) is 18.2 Å². The molecule has 0 fully saturated rings. The second-order valence-corrected chi connectivity index (χ2v) is 4.81. The standard InChI is InChI=1S/C15H9N3O5/c19-13(8-2-1-3-10(6-8)18(22)23)9-4-5-11-12(7-9)15(21)17-16-14(11)20/h1-7H,(H,16,20)(H,17,21). The SMILES string of the molecule is O=C(c1cccc([N+](=O)[O-])c1)c1ccc2c(=O)[nH][nH]c(=O)c2c1. The lowest BCUT2D eigenvalue weighted by Crippen LogP contribution is -2.19. The Morgan fingerprint density at radius 1 is 0.913 bits per heavy atom. The number of nitro benzene ring substituents is 1. The quantitative estimate of drug-likeness (QED) is 0.429. The highest BCUT2D eigenvalue weighted by Gasteiger charge is 2.15. The highest BCUT2D eigenvalue weighted by molar-refractivity contribution is 6.10. The first kappa shape index (κ1) is 14.4. The Labute approximate surface area is 127 Å². The molecule has 0 spiro atoms. The number of benzene rings is 2. The number of nitrogens with zero attached hydrogens (tertiary/aromatic N) is 1. The monoisotopic (exact) mass is 311 g/mol. The first-order valence-electron chi connectivity index (χ1n) is 6.51. The number of carbonyl (C=O) groups is 1. The number of aromatic amines is 2. The minimum Gasteiger partial charge on any atom is -0.289 e. The van der Waals surface area contributed by atoms with Gasteiger partial charge in [0.2, 0.25) is 0 Å². The minimum atomic E-state index is -0.596. The molecule has 0 unspecified atom stereocenters. The third-order valence-corrected chi connectivity index (χ3v) is 3.38. The normalized spacial score (nSPS) is 10.6. The van der Waals surface area contributed by atoms with Gasteiger partial charge in [-0.25, -0.2) is 0 Å². The van der Waals surface area contributed by atoms with Gasteiger partial charge in [0.15, 0.2) is 5.78 Å². The number of nitro groups is 1. The number of nitrogens with one attached hydrogen (secondary N) is 2. The molecule has 0 aliphatic rings. The second-order valence-electron chi connectivity index (χ2n) is 4.81. The van der Waals surface area contributed by atoms with E-state index >= 15 is 0 Å². The first-order valence-corrected chi connectivity index (χ1v) is 6.51. The Hall–Kier alpha value is -3.55. The molecule has 0 bridgehead atoms. The van der Waals surface area contributed by atoms with Crippen LogP contribution >= 0.6 is 0 Å². The zero-order chi connectivity index (χ0) is 16.6. The maximum absolute atomic E-state index is 12.4. The van der Waals surface area contributed by atoms with Crippen molar-refractivity contribution < 1.29 is 9.72 Å². The van der Waals surface area contributed by atoms with Crippen molar-refractivity contribution in [2.24, 2.45) is 0 Å². The summed E-state index contributed by atoms with van der Waals surface area (Å²) in [6, 6.07) is 9.36. The van der Waals surface area contributed by atoms with Crippen LogP contribution in [0.15, 0.2) is 52.1 Å². The van der Waals surface area contributed by atoms with Crippen molar-refractivity contribution in [2.45, 2.75) is 0 Å². The summed E-state index contributed by atoms with van der Waals surface area (Å²) >= 11 is 0. The predicted octanol–water partition coefficient (Wildman–Crippen LogP) is 1.36. The zero-order valence-corrected chi connectivity index (χ0v) is 11.5. The van der Waals surface area contributed by atoms with Crippen LogP contribution in [0.3, 0.4) is 0 Å². The number of hydrogen-bond donors (Lipinski definition) is 2. The Kier molecular flexibility index (Phi) is 3.34. The van der Waals surface area contributed by atoms with Crippen molar-refractivity contribution in [2.75, 3.05) is 0 Å². The van der Waals surface area contributed by atoms with E-state index in [2.05, 4.69) is 10.2 Å². The van der Waals surface area contributed by atoms with E-state index in [9.17, 15) is 24.5 Å². The second kappa shape index (κ2) is 5.34. The Bertz CT molecular complexity index is 1060. The van der Waals surface area contributed by atoms with Gasteiger partial charge in [0.1, 0.15) is 0 Å². The molecular formula is C15H9N3O5. The molecule has 0 aliphatic carbocycles. The molecule has 0 saturated heterocycles. The molecule has 3 rings (SSSR count). The predicted molar refractivity (Wildman–Crippen MR) is 81.7 cm³/mol. The van der Waals surface area contributed by atoms with Crippen LogP contribution in [-0.2, 0) is 0 Å². The van der Waals surface area contributed by atoms with E-state index in [1.807, 2.05) is 0 Å². The number of non-ortho nitro benzene ring substituents is 1. The topological polar surface area (TPSA) is 126 Å². The maximum atomic E-state index is 12.4. The molecule has 8 heteroatoms. The molecule has 0 aliphatic heterocycles. The van der Waals surface area contributed by atoms with E-state index in [4.69, 9.17) is 0 Å². The van der Waals surface area contributed by atoms with Crippen LogP contribution in [0.5, 0.6) is 0 Å². The lowest BCUT2D eigenvalue weighted by Gasteiger charge is -2.03. The Balaban J connectivity index is 2.13. The summed E-state index contributed by atoms with van der Waals surface area (Å²) < 4.78 is 0. The van der Waals surface area contributed by atoms with Crippen LogP contribution in [0.25, 0.3) is 10.8 Å². The molecule has 1 heterocycles. The fourth-order valence-electron chi connectivity index (χ4n) is 2.25. The van der Waals surface area contributed by atoms with Gasteiger partial charge in [-0.2, -0.15) is 0 Å². The van der Waals surface area contributed by atoms with Crippen molar-refractivity contribution >= 4 is 22.2 Å². The van der Waals surface area contributed by atoms with E-state index in [-0.39, 0.29) is 27.6 Å². The van der Waals surface area contributed by atoms with Crippen molar-refractivity contribution in [3.8, 4) is 0 Å². The van der Waals surface area contributed by atoms with Gasteiger partial charge in [-0.15, -0.1) is 0 Å². The largest absolute Gasteiger partial charge is 0.289 e. The molecule has 0 saturated carbocycles. The van der Waals surface area contributed by atoms with Gasteiger partial charge in [-0.05, 0) is 12.1 Å². The van der Waals surface area contributed by atoms with Crippen molar-refractivity contribution in [3.63, 3.8) is 0 Å². The summed E-state index contributed by atoms with van der Waals surface area (Å²) in [4.78, 5) is 46.0. The highest BCUT2D eigenvalue weighted by atomic mass is 16.6. The van der Waals surface area contributed by atoms with Crippen LogP contribution < -0.4 is 11.1 Å². The number of aromatic nitrogens is 2. The van der Waals surface area contributed by atoms with Crippen LogP contribution in [0, 0.1) is 10.1 Å². The highest BCUT2D eigenvalue weighted by Crippen LogP contribution is 2.18. The fraction of sp³-hybridized carbons (Fsp3) is 0. The average Bonchev–Trinajstić information content (AvgIpc) is 2.57. The van der Waals surface area contributed by atoms with Crippen molar-refractivity contribution in [1.82, 2.24) is 10.2 Å². The van der Waals surface area contributed by atoms with Crippen LogP contribution in [0.1, 0.15) is 15.9 Å². The van der Waals surface area contributed by atoms with Crippen molar-refractivity contribution in [3.05, 3.63) is 84.4 Å². The molecule has 1 aromatic heterocycles. The lowest BCUT2D eigenvalue weighted by molar-refractivity contribution is -0.384. The zero-order valence-electron chi connectivity index (χ0n) is 11.5. The summed E-state index contributed by atoms with van der Waals surface area (Å²) in [5, 5.41) is 15.4. The molecule has 0 amide bonds. The number of hydrogen-bond acceptors (Lipinski definition) is 5. The van der Waals surface area contributed by atoms with E-state index in [0.717, 1.165) is 6.07 Å². The maximum Gasteiger partial charge on any atom is 0.270 e. The van der Waals surface area contributed by atoms with E-state index in [1.165, 1.54) is 36.4 Å². The summed E-state index contributed by atoms with van der Waals surface area (Å²) in [5.74, 6) is -0.477. The molecule has 23 heavy (non-hydrogen) atoms. The smallest absolute Gasteiger partial charge is 0.270 e. The van der Waals surface area contributed by atoms with Crippen molar-refractivity contribution in [1.29, 1.82) is 0 Å². The molecule has 114 valence electrons. The third-order valence-electron chi connectivity index (χ3n) is 3.38. The van der Waals surface area contributed by atoms with E-state index < -0.39 is 21.8 Å². The summed E-state index contributed by atoms with van der Waals surface area (Å²) in [6.45, 7) is 0. The van der Waals surface area contributed by atoms with Crippen LogP contribution in [-0.4, -0.2) is 20.9 Å². The summed E-state index contributed by atoms with van der Waals surface area (Å²) in [7, 11) is 0. The minimum absolute atomic E-state index is 0.0741. The molecule has 0 atom stereocenters. The number of fused-ring (bicyclic) bond motifs is 1. The summed E-state index contributed by atoms with van der Waals surface area (Å²) in [5.41, 5.74) is -0.929. The molecule has 2 aromatic carbocycles. The third kappa shape index (κ3) is 2.53. The average molecular weight is 311 g/mol. The van der Waals surface area contributed by atoms with E-state index in [1.54, 1.807) is 0 Å². The fourth-order valence-corrected chi connectivity index (χ4v) is 2.25. The van der Waals surface area contributed by atoms with Crippen LogP contribution in [0.2, 0.25) is 0 Å². The molecule has 3 aromatic rings. The van der Waals surface area contributed by atoms with Gasteiger partial charge < -0.3 is 0 Å². The number of carbonyl (C=O) groups excluding carboxylic acids is 1. The van der Waals surface area contributed by atoms with Gasteiger partial charge in [0.25, 0.3) is 16.8 Å². The Morgan fingerprint density at radius 2 is 1.57 bits per heavy atom. The molecular weight excluding hydrogens is 302 g/mol. The van der Waals surface area contributed by atoms with Gasteiger partial charge in [0, 0.05) is 23.3 Å². The first-order chi connectivity index (χ1) is 11.0. The Morgan fingerprint density at radius 3 is 2.26 bits per heavy atom. The molecule has 8 nitrogen and oxygen atoms in total. The van der Waals surface area contributed by atoms with Gasteiger partial charge in [-0.3, -0.25) is 34.7 Å². The van der Waals surface area contributed by atoms with Gasteiger partial charge >= 0.3 is 0 Å². The van der Waals surface area contributed by atoms with Crippen LogP contribution in [0.4, 0.5) is 5.69 Å². The van der Waals surface area contributed by atoms with Gasteiger partial charge in [0.05, 0.1) is 15.7 Å². The number of rotatable bonds is 3. The summed E-state index contributed by atoms with van der Waals surface area (Å²) in [6.07, 6.45) is 0. The number of H-pyrrole nitrogens is 2. The number of ketones is 1.